The normalized spacial score (nSPS) is 23.8. The summed E-state index contributed by atoms with van der Waals surface area (Å²) in [7, 11) is 0. The van der Waals surface area contributed by atoms with Crippen LogP contribution in [0.4, 0.5) is 0 Å². The van der Waals surface area contributed by atoms with Crippen molar-refractivity contribution < 1.29 is 9.15 Å². The molecule has 2 N–H and O–H groups in total. The number of rotatable bonds is 4. The summed E-state index contributed by atoms with van der Waals surface area (Å²) in [6.45, 7) is 6.64. The maximum absolute atomic E-state index is 6.17. The third-order valence-corrected chi connectivity index (χ3v) is 3.93. The van der Waals surface area contributed by atoms with Crippen LogP contribution in [0.5, 0.6) is 0 Å². The number of furan rings is 1. The SMILES string of the molecule is CC(N)C(OC1CCC(C)(C)CC1)c1ccco1. The van der Waals surface area contributed by atoms with Crippen molar-refractivity contribution in [3.63, 3.8) is 0 Å². The summed E-state index contributed by atoms with van der Waals surface area (Å²) in [5.74, 6) is 0.842. The van der Waals surface area contributed by atoms with Crippen molar-refractivity contribution in [2.24, 2.45) is 11.1 Å². The van der Waals surface area contributed by atoms with Crippen LogP contribution in [0, 0.1) is 5.41 Å². The zero-order valence-corrected chi connectivity index (χ0v) is 11.7. The topological polar surface area (TPSA) is 48.4 Å². The van der Waals surface area contributed by atoms with Gasteiger partial charge in [-0.05, 0) is 50.2 Å². The Labute approximate surface area is 110 Å². The van der Waals surface area contributed by atoms with Gasteiger partial charge in [0.2, 0.25) is 0 Å². The molecule has 1 aliphatic carbocycles. The zero-order valence-electron chi connectivity index (χ0n) is 11.7. The Hall–Kier alpha value is -0.800. The average Bonchev–Trinajstić information content (AvgIpc) is 2.80. The first-order chi connectivity index (χ1) is 8.48. The fourth-order valence-electron chi connectivity index (χ4n) is 2.62. The Bertz CT molecular complexity index is 347. The molecule has 2 unspecified atom stereocenters. The highest BCUT2D eigenvalue weighted by molar-refractivity contribution is 5.04. The van der Waals surface area contributed by atoms with Crippen molar-refractivity contribution in [3.8, 4) is 0 Å². The summed E-state index contributed by atoms with van der Waals surface area (Å²) in [6, 6.07) is 3.78. The van der Waals surface area contributed by atoms with Gasteiger partial charge in [-0.15, -0.1) is 0 Å². The fraction of sp³-hybridized carbons (Fsp3) is 0.733. The van der Waals surface area contributed by atoms with Crippen LogP contribution in [0.15, 0.2) is 22.8 Å². The first-order valence-electron chi connectivity index (χ1n) is 6.92. The van der Waals surface area contributed by atoms with Crippen LogP contribution in [-0.2, 0) is 4.74 Å². The van der Waals surface area contributed by atoms with E-state index in [1.165, 1.54) is 12.8 Å². The van der Waals surface area contributed by atoms with E-state index in [1.54, 1.807) is 6.26 Å². The highest BCUT2D eigenvalue weighted by Crippen LogP contribution is 2.38. The maximum Gasteiger partial charge on any atom is 0.134 e. The third kappa shape index (κ3) is 3.36. The van der Waals surface area contributed by atoms with Gasteiger partial charge in [0.25, 0.3) is 0 Å². The molecule has 2 rings (SSSR count). The lowest BCUT2D eigenvalue weighted by Crippen LogP contribution is -2.33. The molecule has 0 bridgehead atoms. The van der Waals surface area contributed by atoms with Gasteiger partial charge < -0.3 is 14.9 Å². The van der Waals surface area contributed by atoms with E-state index >= 15 is 0 Å². The van der Waals surface area contributed by atoms with E-state index < -0.39 is 0 Å². The number of ether oxygens (including phenoxy) is 1. The highest BCUT2D eigenvalue weighted by Gasteiger charge is 2.30. The van der Waals surface area contributed by atoms with Gasteiger partial charge in [-0.3, -0.25) is 0 Å². The van der Waals surface area contributed by atoms with Gasteiger partial charge in [0.15, 0.2) is 0 Å². The Morgan fingerprint density at radius 2 is 2.06 bits per heavy atom. The summed E-state index contributed by atoms with van der Waals surface area (Å²) in [5.41, 5.74) is 6.48. The third-order valence-electron chi connectivity index (χ3n) is 3.93. The quantitative estimate of drug-likeness (QED) is 0.888. The number of hydrogen-bond donors (Lipinski definition) is 1. The molecule has 1 aliphatic rings. The van der Waals surface area contributed by atoms with Crippen LogP contribution < -0.4 is 5.73 Å². The highest BCUT2D eigenvalue weighted by atomic mass is 16.5. The van der Waals surface area contributed by atoms with Gasteiger partial charge in [0.1, 0.15) is 11.9 Å². The van der Waals surface area contributed by atoms with Crippen LogP contribution in [-0.4, -0.2) is 12.1 Å². The first-order valence-corrected chi connectivity index (χ1v) is 6.92. The summed E-state index contributed by atoms with van der Waals surface area (Å²) < 4.78 is 11.6. The first kappa shape index (κ1) is 13.6. The van der Waals surface area contributed by atoms with Crippen molar-refractivity contribution in [3.05, 3.63) is 24.2 Å². The minimum atomic E-state index is -0.119. The standard InChI is InChI=1S/C15H25NO2/c1-11(16)14(13-5-4-10-17-13)18-12-6-8-15(2,3)9-7-12/h4-5,10-12,14H,6-9,16H2,1-3H3. The van der Waals surface area contributed by atoms with E-state index in [9.17, 15) is 0 Å². The van der Waals surface area contributed by atoms with Crippen LogP contribution in [0.25, 0.3) is 0 Å². The van der Waals surface area contributed by atoms with Gasteiger partial charge in [0, 0.05) is 6.04 Å². The lowest BCUT2D eigenvalue weighted by Gasteiger charge is -2.36. The molecule has 0 saturated heterocycles. The minimum absolute atomic E-state index is 0.0499. The fourth-order valence-corrected chi connectivity index (χ4v) is 2.62. The Morgan fingerprint density at radius 1 is 1.39 bits per heavy atom. The predicted molar refractivity (Wildman–Crippen MR) is 72.2 cm³/mol. The second-order valence-electron chi connectivity index (χ2n) is 6.29. The Morgan fingerprint density at radius 3 is 2.56 bits per heavy atom. The minimum Gasteiger partial charge on any atom is -0.467 e. The summed E-state index contributed by atoms with van der Waals surface area (Å²) in [6.07, 6.45) is 6.57. The van der Waals surface area contributed by atoms with Crippen molar-refractivity contribution in [1.82, 2.24) is 0 Å². The molecule has 3 nitrogen and oxygen atoms in total. The summed E-state index contributed by atoms with van der Waals surface area (Å²) in [5, 5.41) is 0. The Balaban J connectivity index is 1.95. The molecule has 1 heterocycles. The van der Waals surface area contributed by atoms with Gasteiger partial charge in [-0.2, -0.15) is 0 Å². The monoisotopic (exact) mass is 251 g/mol. The molecule has 0 aromatic carbocycles. The van der Waals surface area contributed by atoms with Crippen molar-refractivity contribution in [1.29, 1.82) is 0 Å². The lowest BCUT2D eigenvalue weighted by atomic mass is 9.76. The van der Waals surface area contributed by atoms with Crippen molar-refractivity contribution in [2.75, 3.05) is 0 Å². The molecule has 1 aromatic heterocycles. The van der Waals surface area contributed by atoms with Gasteiger partial charge in [-0.1, -0.05) is 13.8 Å². The molecular formula is C15H25NO2. The van der Waals surface area contributed by atoms with Crippen molar-refractivity contribution >= 4 is 0 Å². The lowest BCUT2D eigenvalue weighted by molar-refractivity contribution is -0.0630. The largest absolute Gasteiger partial charge is 0.467 e. The summed E-state index contributed by atoms with van der Waals surface area (Å²) in [4.78, 5) is 0. The molecule has 1 fully saturated rings. The zero-order chi connectivity index (χ0) is 13.2. The van der Waals surface area contributed by atoms with Crippen molar-refractivity contribution in [2.45, 2.75) is 64.7 Å². The molecule has 2 atom stereocenters. The number of nitrogens with two attached hydrogens (primary N) is 1. The smallest absolute Gasteiger partial charge is 0.134 e. The van der Waals surface area contributed by atoms with E-state index in [2.05, 4.69) is 13.8 Å². The molecule has 102 valence electrons. The molecule has 0 spiro atoms. The second kappa shape index (κ2) is 5.45. The molecule has 0 amide bonds. The van der Waals surface area contributed by atoms with Crippen LogP contribution in [0.2, 0.25) is 0 Å². The number of hydrogen-bond acceptors (Lipinski definition) is 3. The van der Waals surface area contributed by atoms with Crippen LogP contribution >= 0.6 is 0 Å². The molecule has 0 radical (unpaired) electrons. The average molecular weight is 251 g/mol. The Kier molecular flexibility index (Phi) is 4.13. The molecule has 1 aromatic rings. The molecule has 3 heteroatoms. The summed E-state index contributed by atoms with van der Waals surface area (Å²) >= 11 is 0. The van der Waals surface area contributed by atoms with Gasteiger partial charge in [-0.25, -0.2) is 0 Å². The molecule has 0 aliphatic heterocycles. The van der Waals surface area contributed by atoms with E-state index in [-0.39, 0.29) is 12.1 Å². The molecule has 1 saturated carbocycles. The molecular weight excluding hydrogens is 226 g/mol. The molecule has 18 heavy (non-hydrogen) atoms. The van der Waals surface area contributed by atoms with Crippen LogP contribution in [0.3, 0.4) is 0 Å². The maximum atomic E-state index is 6.17. The van der Waals surface area contributed by atoms with E-state index in [1.807, 2.05) is 19.1 Å². The van der Waals surface area contributed by atoms with Crippen LogP contribution in [0.1, 0.15) is 58.3 Å². The predicted octanol–water partition coefficient (Wildman–Crippen LogP) is 3.65. The van der Waals surface area contributed by atoms with E-state index in [4.69, 9.17) is 14.9 Å². The van der Waals surface area contributed by atoms with Gasteiger partial charge in [0.05, 0.1) is 12.4 Å². The second-order valence-corrected chi connectivity index (χ2v) is 6.29. The van der Waals surface area contributed by atoms with Gasteiger partial charge >= 0.3 is 0 Å². The van der Waals surface area contributed by atoms with E-state index in [0.29, 0.717) is 11.5 Å². The van der Waals surface area contributed by atoms with E-state index in [0.717, 1.165) is 18.6 Å².